The average Bonchev–Trinajstić information content (AvgIpc) is 3.12. The van der Waals surface area contributed by atoms with Crippen LogP contribution in [0, 0.1) is 6.92 Å². The molecule has 1 aliphatic rings. The number of methoxy groups -OCH3 is 1. The fraction of sp³-hybridized carbons (Fsp3) is 0.400. The van der Waals surface area contributed by atoms with E-state index < -0.39 is 7.12 Å². The van der Waals surface area contributed by atoms with E-state index in [1.54, 1.807) is 7.11 Å². The van der Waals surface area contributed by atoms with E-state index in [1.807, 2.05) is 59.1 Å². The minimum atomic E-state index is -0.433. The van der Waals surface area contributed by atoms with E-state index >= 15 is 0 Å². The predicted molar refractivity (Wildman–Crippen MR) is 106 cm³/mol. The highest BCUT2D eigenvalue weighted by atomic mass is 16.7. The number of ether oxygens (including phenoxy) is 1. The molecule has 4 heterocycles. The van der Waals surface area contributed by atoms with Crippen LogP contribution in [0.1, 0.15) is 33.3 Å². The Hall–Kier alpha value is -2.38. The molecule has 1 saturated heterocycles. The number of H-pyrrole nitrogens is 1. The van der Waals surface area contributed by atoms with Gasteiger partial charge in [0, 0.05) is 40.6 Å². The van der Waals surface area contributed by atoms with Crippen molar-refractivity contribution in [3.05, 3.63) is 36.2 Å². The number of aryl methyl sites for hydroxylation is 1. The van der Waals surface area contributed by atoms with Gasteiger partial charge in [-0.3, -0.25) is 0 Å². The second-order valence-corrected chi connectivity index (χ2v) is 8.02. The topological polar surface area (TPSA) is 69.3 Å². The number of pyridine rings is 2. The van der Waals surface area contributed by atoms with E-state index in [9.17, 15) is 0 Å². The number of nitrogens with one attached hydrogen (secondary N) is 1. The molecular weight excluding hydrogens is 341 g/mol. The molecule has 7 heteroatoms. The zero-order valence-corrected chi connectivity index (χ0v) is 16.6. The maximum Gasteiger partial charge on any atom is 0.512 e. The van der Waals surface area contributed by atoms with Gasteiger partial charge in [-0.15, -0.1) is 0 Å². The number of hydrogen-bond donors (Lipinski definition) is 1. The predicted octanol–water partition coefficient (Wildman–Crippen LogP) is 3.24. The molecule has 0 aromatic carbocycles. The van der Waals surface area contributed by atoms with Crippen molar-refractivity contribution in [1.82, 2.24) is 15.0 Å². The van der Waals surface area contributed by atoms with Crippen molar-refractivity contribution in [1.29, 1.82) is 0 Å². The Bertz CT molecular complexity index is 997. The lowest BCUT2D eigenvalue weighted by Crippen LogP contribution is -2.41. The molecule has 0 spiro atoms. The molecule has 27 heavy (non-hydrogen) atoms. The number of fused-ring (bicyclic) bond motifs is 1. The van der Waals surface area contributed by atoms with Gasteiger partial charge in [0.15, 0.2) is 0 Å². The zero-order valence-electron chi connectivity index (χ0n) is 16.6. The Kier molecular flexibility index (Phi) is 4.05. The van der Waals surface area contributed by atoms with Crippen molar-refractivity contribution < 1.29 is 14.0 Å². The van der Waals surface area contributed by atoms with Crippen LogP contribution in [-0.2, 0) is 9.31 Å². The van der Waals surface area contributed by atoms with Crippen molar-refractivity contribution in [2.24, 2.45) is 0 Å². The molecule has 1 aliphatic heterocycles. The molecule has 3 aromatic rings. The van der Waals surface area contributed by atoms with E-state index in [4.69, 9.17) is 14.0 Å². The van der Waals surface area contributed by atoms with Crippen LogP contribution in [0.25, 0.3) is 22.2 Å². The van der Waals surface area contributed by atoms with Crippen molar-refractivity contribution in [3.8, 4) is 17.0 Å². The van der Waals surface area contributed by atoms with E-state index in [0.29, 0.717) is 5.88 Å². The molecule has 0 amide bonds. The lowest BCUT2D eigenvalue weighted by Gasteiger charge is -2.32. The molecule has 140 valence electrons. The third-order valence-corrected chi connectivity index (χ3v) is 5.60. The highest BCUT2D eigenvalue weighted by molar-refractivity contribution is 6.61. The van der Waals surface area contributed by atoms with Crippen LogP contribution in [0.3, 0.4) is 0 Å². The van der Waals surface area contributed by atoms with Crippen LogP contribution < -0.4 is 10.3 Å². The van der Waals surface area contributed by atoms with Gasteiger partial charge in [-0.25, -0.2) is 9.97 Å². The third-order valence-electron chi connectivity index (χ3n) is 5.60. The van der Waals surface area contributed by atoms with Gasteiger partial charge < -0.3 is 19.0 Å². The third kappa shape index (κ3) is 3.01. The summed E-state index contributed by atoms with van der Waals surface area (Å²) in [7, 11) is 1.18. The molecule has 1 fully saturated rings. The van der Waals surface area contributed by atoms with Gasteiger partial charge >= 0.3 is 7.12 Å². The number of hydrogen-bond acceptors (Lipinski definition) is 5. The van der Waals surface area contributed by atoms with Crippen molar-refractivity contribution in [2.75, 3.05) is 7.11 Å². The molecule has 0 unspecified atom stereocenters. The van der Waals surface area contributed by atoms with Crippen LogP contribution >= 0.6 is 0 Å². The first-order valence-electron chi connectivity index (χ1n) is 9.05. The van der Waals surface area contributed by atoms with E-state index in [2.05, 4.69) is 21.0 Å². The second-order valence-electron chi connectivity index (χ2n) is 8.02. The first kappa shape index (κ1) is 18.0. The monoisotopic (exact) mass is 365 g/mol. The summed E-state index contributed by atoms with van der Waals surface area (Å²) in [6.45, 7) is 10.2. The Morgan fingerprint density at radius 3 is 2.33 bits per heavy atom. The zero-order chi connectivity index (χ0) is 19.4. The minimum Gasteiger partial charge on any atom is -0.481 e. The normalized spacial score (nSPS) is 18.2. The SMILES string of the molecule is COc1cc(C)c(-c2cnc3[nH]c(B4OC(C)(C)C(C)(C)O4)cc3c2)cn1. The summed E-state index contributed by atoms with van der Waals surface area (Å²) in [4.78, 5) is 12.2. The second kappa shape index (κ2) is 6.07. The standard InChI is InChI=1S/C20H24BN3O3/c1-12-7-17(25-6)22-11-15(12)14-8-13-9-16(24-18(13)23-10-14)21-26-19(2,3)20(4,5)27-21/h7-11H,1-6H3,(H,23,24). The summed E-state index contributed by atoms with van der Waals surface area (Å²) >= 11 is 0. The van der Waals surface area contributed by atoms with Crippen molar-refractivity contribution >= 4 is 23.7 Å². The molecule has 3 aromatic heterocycles. The molecule has 6 nitrogen and oxygen atoms in total. The van der Waals surface area contributed by atoms with Crippen LogP contribution in [0.5, 0.6) is 5.88 Å². The van der Waals surface area contributed by atoms with Gasteiger partial charge in [-0.2, -0.15) is 0 Å². The largest absolute Gasteiger partial charge is 0.512 e. The highest BCUT2D eigenvalue weighted by Crippen LogP contribution is 2.36. The average molecular weight is 365 g/mol. The summed E-state index contributed by atoms with van der Waals surface area (Å²) in [5, 5.41) is 1.01. The van der Waals surface area contributed by atoms with Crippen LogP contribution in [0.4, 0.5) is 0 Å². The molecule has 4 rings (SSSR count). The summed E-state index contributed by atoms with van der Waals surface area (Å²) in [5.74, 6) is 0.606. The lowest BCUT2D eigenvalue weighted by atomic mass is 9.85. The van der Waals surface area contributed by atoms with Crippen molar-refractivity contribution in [2.45, 2.75) is 45.8 Å². The number of rotatable bonds is 3. The Labute approximate surface area is 159 Å². The lowest BCUT2D eigenvalue weighted by molar-refractivity contribution is 0.00578. The van der Waals surface area contributed by atoms with Gasteiger partial charge in [-0.1, -0.05) is 0 Å². The fourth-order valence-corrected chi connectivity index (χ4v) is 3.22. The molecule has 1 N–H and O–H groups in total. The van der Waals surface area contributed by atoms with E-state index in [-0.39, 0.29) is 11.2 Å². The Balaban J connectivity index is 1.69. The first-order valence-corrected chi connectivity index (χ1v) is 9.05. The number of aromatic amines is 1. The van der Waals surface area contributed by atoms with Gasteiger partial charge in [0.25, 0.3) is 0 Å². The molecule has 0 saturated carbocycles. The van der Waals surface area contributed by atoms with E-state index in [0.717, 1.165) is 33.3 Å². The van der Waals surface area contributed by atoms with Crippen LogP contribution in [-0.4, -0.2) is 40.4 Å². The quantitative estimate of drug-likeness (QED) is 0.722. The molecule has 0 bridgehead atoms. The Morgan fingerprint density at radius 2 is 1.70 bits per heavy atom. The summed E-state index contributed by atoms with van der Waals surface area (Å²) in [6.07, 6.45) is 3.67. The maximum absolute atomic E-state index is 6.13. The van der Waals surface area contributed by atoms with Gasteiger partial charge in [0.05, 0.1) is 18.3 Å². The van der Waals surface area contributed by atoms with Gasteiger partial charge in [0.2, 0.25) is 5.88 Å². The summed E-state index contributed by atoms with van der Waals surface area (Å²) in [6, 6.07) is 6.07. The molecular formula is C20H24BN3O3. The van der Waals surface area contributed by atoms with Crippen LogP contribution in [0.2, 0.25) is 0 Å². The Morgan fingerprint density at radius 1 is 1.00 bits per heavy atom. The smallest absolute Gasteiger partial charge is 0.481 e. The van der Waals surface area contributed by atoms with Gasteiger partial charge in [-0.05, 0) is 52.3 Å². The summed E-state index contributed by atoms with van der Waals surface area (Å²) in [5.41, 5.74) is 4.06. The molecule has 0 aliphatic carbocycles. The number of aromatic nitrogens is 3. The van der Waals surface area contributed by atoms with Crippen molar-refractivity contribution in [3.63, 3.8) is 0 Å². The fourth-order valence-electron chi connectivity index (χ4n) is 3.22. The van der Waals surface area contributed by atoms with E-state index in [1.165, 1.54) is 0 Å². The summed E-state index contributed by atoms with van der Waals surface area (Å²) < 4.78 is 17.5. The molecule has 0 atom stereocenters. The van der Waals surface area contributed by atoms with Gasteiger partial charge in [0.1, 0.15) is 5.65 Å². The highest BCUT2D eigenvalue weighted by Gasteiger charge is 2.52. The first-order chi connectivity index (χ1) is 12.7. The number of nitrogens with zero attached hydrogens (tertiary/aromatic N) is 2. The maximum atomic E-state index is 6.13. The molecule has 0 radical (unpaired) electrons. The minimum absolute atomic E-state index is 0.376. The van der Waals surface area contributed by atoms with Crippen LogP contribution in [0.15, 0.2) is 30.6 Å².